The maximum absolute atomic E-state index is 13.6. The number of rotatable bonds is 14. The topological polar surface area (TPSA) is 70.1 Å². The second-order valence-electron chi connectivity index (χ2n) is 10.2. The van der Waals surface area contributed by atoms with Gasteiger partial charge in [-0.2, -0.15) is 0 Å². The van der Waals surface area contributed by atoms with Crippen LogP contribution in [0.25, 0.3) is 0 Å². The molecule has 0 aliphatic carbocycles. The Morgan fingerprint density at radius 1 is 0.816 bits per heavy atom. The monoisotopic (exact) mass is 558 g/mol. The molecule has 0 bridgehead atoms. The lowest BCUT2D eigenvalue weighted by atomic mass is 9.94. The highest BCUT2D eigenvalue weighted by atomic mass is 32.2. The first-order chi connectivity index (χ1) is 18.2. The van der Waals surface area contributed by atoms with Gasteiger partial charge in [0.05, 0.1) is 20.6 Å². The summed E-state index contributed by atoms with van der Waals surface area (Å²) in [6.45, 7) is 20.0. The van der Waals surface area contributed by atoms with Gasteiger partial charge in [0.1, 0.15) is 17.1 Å². The number of carbonyl (C=O) groups is 2. The van der Waals surface area contributed by atoms with Crippen LogP contribution in [0, 0.1) is 0 Å². The van der Waals surface area contributed by atoms with Crippen molar-refractivity contribution < 1.29 is 19.4 Å². The van der Waals surface area contributed by atoms with Crippen molar-refractivity contribution in [2.45, 2.75) is 95.8 Å². The fourth-order valence-corrected chi connectivity index (χ4v) is 7.23. The number of phenolic OH excluding ortho intramolecular Hbond substituents is 1. The highest BCUT2D eigenvalue weighted by Crippen LogP contribution is 2.61. The third kappa shape index (κ3) is 6.45. The summed E-state index contributed by atoms with van der Waals surface area (Å²) >= 11 is 2.68. The van der Waals surface area contributed by atoms with E-state index in [0.29, 0.717) is 41.7 Å². The number of thioether (sulfide) groups is 2. The molecule has 8 heteroatoms. The Bertz CT molecular complexity index is 1110. The lowest BCUT2D eigenvalue weighted by Gasteiger charge is -2.27. The molecule has 0 radical (unpaired) electrons. The number of hydrogen-bond acceptors (Lipinski definition) is 6. The summed E-state index contributed by atoms with van der Waals surface area (Å²) in [6, 6.07) is 0. The molecule has 38 heavy (non-hydrogen) atoms. The summed E-state index contributed by atoms with van der Waals surface area (Å²) in [5.74, 6) is 0.403. The average Bonchev–Trinajstić information content (AvgIpc) is 3.39. The van der Waals surface area contributed by atoms with Gasteiger partial charge in [-0.1, -0.05) is 87.9 Å². The zero-order valence-corrected chi connectivity index (χ0v) is 25.2. The molecule has 2 aliphatic heterocycles. The smallest absolute Gasteiger partial charge is 0.279 e. The largest absolute Gasteiger partial charge is 0.506 e. The molecule has 3 rings (SSSR count). The molecule has 0 spiro atoms. The van der Waals surface area contributed by atoms with E-state index < -0.39 is 0 Å². The van der Waals surface area contributed by atoms with Gasteiger partial charge in [-0.15, -0.1) is 0 Å². The van der Waals surface area contributed by atoms with Gasteiger partial charge < -0.3 is 9.84 Å². The van der Waals surface area contributed by atoms with Gasteiger partial charge in [0, 0.05) is 24.2 Å². The summed E-state index contributed by atoms with van der Waals surface area (Å²) in [4.78, 5) is 28.6. The number of hydrogen-bond donors (Lipinski definition) is 1. The summed E-state index contributed by atoms with van der Waals surface area (Å²) in [6.07, 6.45) is 6.50. The standard InChI is InChI=1S/C30H42N2O4S2/c1-8-11-14-31-28(34)23(29(35)32(31)15-12-9-2)30-37-26-24(33)21(17-19(4)5)22(18-20(6)7)25(27(26)38-30)36-16-13-10-3/h33H,4,6,8-18H2,1-3,5,7H3. The fourth-order valence-electron chi connectivity index (χ4n) is 4.52. The molecule has 2 aliphatic rings. The first-order valence-corrected chi connectivity index (χ1v) is 15.3. The van der Waals surface area contributed by atoms with E-state index >= 15 is 0 Å². The molecule has 2 amide bonds. The summed E-state index contributed by atoms with van der Waals surface area (Å²) < 4.78 is 6.99. The number of aromatic hydroxyl groups is 1. The zero-order valence-electron chi connectivity index (χ0n) is 23.6. The van der Waals surface area contributed by atoms with Gasteiger partial charge in [-0.05, 0) is 46.0 Å². The molecular weight excluding hydrogens is 516 g/mol. The number of carbonyl (C=O) groups excluding carboxylic acids is 2. The van der Waals surface area contributed by atoms with Crippen LogP contribution < -0.4 is 4.74 Å². The molecule has 0 saturated carbocycles. The van der Waals surface area contributed by atoms with E-state index in [1.54, 1.807) is 10.0 Å². The quantitative estimate of drug-likeness (QED) is 0.111. The SMILES string of the molecule is C=C(C)Cc1c(O)c2c(c(OCCCC)c1CC(=C)C)SC(=C1C(=O)N(CCCC)N(CCCC)C1=O)S2. The van der Waals surface area contributed by atoms with E-state index in [2.05, 4.69) is 33.9 Å². The number of nitrogens with zero attached hydrogens (tertiary/aromatic N) is 2. The average molecular weight is 559 g/mol. The molecule has 1 aromatic rings. The van der Waals surface area contributed by atoms with Crippen LogP contribution in [0.4, 0.5) is 0 Å². The highest BCUT2D eigenvalue weighted by Gasteiger charge is 2.45. The number of phenols is 1. The van der Waals surface area contributed by atoms with Crippen LogP contribution in [0.15, 0.2) is 43.9 Å². The second-order valence-corrected chi connectivity index (χ2v) is 12.5. The van der Waals surface area contributed by atoms with E-state index in [4.69, 9.17) is 4.74 Å². The van der Waals surface area contributed by atoms with Gasteiger partial charge >= 0.3 is 0 Å². The Morgan fingerprint density at radius 3 is 1.82 bits per heavy atom. The first-order valence-electron chi connectivity index (χ1n) is 13.7. The predicted octanol–water partition coefficient (Wildman–Crippen LogP) is 7.40. The maximum Gasteiger partial charge on any atom is 0.279 e. The number of unbranched alkanes of at least 4 members (excludes halogenated alkanes) is 3. The third-order valence-electron chi connectivity index (χ3n) is 6.48. The van der Waals surface area contributed by atoms with E-state index in [9.17, 15) is 14.7 Å². The molecule has 1 saturated heterocycles. The van der Waals surface area contributed by atoms with Crippen molar-refractivity contribution in [1.82, 2.24) is 10.0 Å². The summed E-state index contributed by atoms with van der Waals surface area (Å²) in [5.41, 5.74) is 3.77. The minimum absolute atomic E-state index is 0.179. The Labute approximate surface area is 236 Å². The number of allylic oxidation sites excluding steroid dienone is 2. The fraction of sp³-hybridized carbons (Fsp3) is 0.533. The van der Waals surface area contributed by atoms with E-state index in [0.717, 1.165) is 71.4 Å². The minimum atomic E-state index is -0.250. The van der Waals surface area contributed by atoms with E-state index in [1.165, 1.54) is 23.5 Å². The first kappa shape index (κ1) is 30.2. The van der Waals surface area contributed by atoms with Gasteiger partial charge in [0.15, 0.2) is 0 Å². The van der Waals surface area contributed by atoms with Crippen LogP contribution in [-0.2, 0) is 22.4 Å². The Hall–Kier alpha value is -2.32. The highest BCUT2D eigenvalue weighted by molar-refractivity contribution is 8.25. The molecule has 208 valence electrons. The minimum Gasteiger partial charge on any atom is -0.506 e. The van der Waals surface area contributed by atoms with Crippen molar-refractivity contribution in [3.63, 3.8) is 0 Å². The van der Waals surface area contributed by atoms with Crippen molar-refractivity contribution in [2.75, 3.05) is 19.7 Å². The molecule has 6 nitrogen and oxygen atoms in total. The molecule has 0 unspecified atom stereocenters. The van der Waals surface area contributed by atoms with Crippen molar-refractivity contribution in [1.29, 1.82) is 0 Å². The van der Waals surface area contributed by atoms with E-state index in [-0.39, 0.29) is 23.1 Å². The number of hydrazine groups is 1. The Kier molecular flexibility index (Phi) is 10.9. The van der Waals surface area contributed by atoms with Crippen molar-refractivity contribution in [2.24, 2.45) is 0 Å². The predicted molar refractivity (Wildman–Crippen MR) is 158 cm³/mol. The van der Waals surface area contributed by atoms with Gasteiger partial charge in [-0.3, -0.25) is 9.59 Å². The van der Waals surface area contributed by atoms with Gasteiger partial charge in [-0.25, -0.2) is 10.0 Å². The number of amides is 2. The number of fused-ring (bicyclic) bond motifs is 1. The molecule has 0 aromatic heterocycles. The van der Waals surface area contributed by atoms with Crippen molar-refractivity contribution in [3.8, 4) is 11.5 Å². The second kappa shape index (κ2) is 13.7. The molecule has 2 heterocycles. The van der Waals surface area contributed by atoms with Crippen LogP contribution in [0.3, 0.4) is 0 Å². The summed E-state index contributed by atoms with van der Waals surface area (Å²) in [7, 11) is 0. The normalized spacial score (nSPS) is 15.1. The molecule has 1 N–H and O–H groups in total. The molecule has 1 fully saturated rings. The molecular formula is C30H42N2O4S2. The Morgan fingerprint density at radius 2 is 1.32 bits per heavy atom. The number of benzene rings is 1. The lowest BCUT2D eigenvalue weighted by molar-refractivity contribution is -0.147. The van der Waals surface area contributed by atoms with E-state index in [1.807, 2.05) is 13.8 Å². The van der Waals surface area contributed by atoms with Crippen LogP contribution >= 0.6 is 23.5 Å². The van der Waals surface area contributed by atoms with Crippen LogP contribution in [0.2, 0.25) is 0 Å². The van der Waals surface area contributed by atoms with Gasteiger partial charge in [0.2, 0.25) is 0 Å². The van der Waals surface area contributed by atoms with Crippen LogP contribution in [0.1, 0.15) is 84.3 Å². The lowest BCUT2D eigenvalue weighted by Crippen LogP contribution is -2.42. The van der Waals surface area contributed by atoms with Crippen LogP contribution in [-0.4, -0.2) is 46.6 Å². The number of ether oxygens (including phenoxy) is 1. The molecule has 0 atom stereocenters. The van der Waals surface area contributed by atoms with Gasteiger partial charge in [0.25, 0.3) is 11.8 Å². The van der Waals surface area contributed by atoms with Crippen LogP contribution in [0.5, 0.6) is 11.5 Å². The van der Waals surface area contributed by atoms with Crippen molar-refractivity contribution >= 4 is 35.3 Å². The van der Waals surface area contributed by atoms with Crippen molar-refractivity contribution in [3.05, 3.63) is 45.2 Å². The third-order valence-corrected chi connectivity index (χ3v) is 9.09. The maximum atomic E-state index is 13.6. The molecule has 1 aromatic carbocycles. The zero-order chi connectivity index (χ0) is 28.0. The summed E-state index contributed by atoms with van der Waals surface area (Å²) in [5, 5.41) is 14.7. The Balaban J connectivity index is 2.14.